The summed E-state index contributed by atoms with van der Waals surface area (Å²) in [5.74, 6) is 1.41. The number of rotatable bonds is 4. The van der Waals surface area contributed by atoms with Gasteiger partial charge in [-0.3, -0.25) is 0 Å². The van der Waals surface area contributed by atoms with Crippen LogP contribution in [0.3, 0.4) is 0 Å². The lowest BCUT2D eigenvalue weighted by atomic mass is 9.43. The molecule has 1 aromatic rings. The normalized spacial score (nSPS) is 50.6. The van der Waals surface area contributed by atoms with E-state index in [1.165, 1.54) is 0 Å². The van der Waals surface area contributed by atoms with E-state index in [0.717, 1.165) is 63.4 Å². The molecule has 0 saturated heterocycles. The molecule has 4 fully saturated rings. The smallest absolute Gasteiger partial charge is 0.104 e. The first-order chi connectivity index (χ1) is 14.3. The van der Waals surface area contributed by atoms with Crippen molar-refractivity contribution < 1.29 is 19.4 Å². The molecule has 5 rings (SSSR count). The summed E-state index contributed by atoms with van der Waals surface area (Å²) in [6.07, 6.45) is 12.1. The lowest BCUT2D eigenvalue weighted by Gasteiger charge is -2.64. The first-order valence-corrected chi connectivity index (χ1v) is 12.1. The Labute approximate surface area is 180 Å². The molecule has 2 unspecified atom stereocenters. The summed E-state index contributed by atoms with van der Waals surface area (Å²) in [6, 6.07) is 2.01. The first kappa shape index (κ1) is 21.0. The largest absolute Gasteiger partial charge is 0.472 e. The van der Waals surface area contributed by atoms with Gasteiger partial charge < -0.3 is 25.1 Å². The fraction of sp³-hybridized carbons (Fsp3) is 0.840. The van der Waals surface area contributed by atoms with Crippen LogP contribution in [-0.2, 0) is 10.3 Å². The zero-order valence-corrected chi connectivity index (χ0v) is 18.6. The second kappa shape index (κ2) is 7.06. The van der Waals surface area contributed by atoms with E-state index in [-0.39, 0.29) is 16.9 Å². The van der Waals surface area contributed by atoms with E-state index in [1.807, 2.05) is 6.07 Å². The van der Waals surface area contributed by atoms with Gasteiger partial charge in [0, 0.05) is 17.5 Å². The molecule has 1 aromatic heterocycles. The molecule has 4 saturated carbocycles. The Kier molecular flexibility index (Phi) is 4.94. The number of hydrogen-bond donors (Lipinski definition) is 3. The number of nitrogens with two attached hydrogens (primary N) is 1. The maximum atomic E-state index is 12.5. The van der Waals surface area contributed by atoms with E-state index in [2.05, 4.69) is 13.8 Å². The van der Waals surface area contributed by atoms with E-state index < -0.39 is 11.2 Å². The Hall–Kier alpha value is -0.880. The van der Waals surface area contributed by atoms with Crippen molar-refractivity contribution in [2.24, 2.45) is 34.3 Å². The molecule has 0 aromatic carbocycles. The zero-order chi connectivity index (χ0) is 21.2. The number of hydrogen-bond acceptors (Lipinski definition) is 5. The molecule has 1 heterocycles. The molecule has 4 N–H and O–H groups in total. The highest BCUT2D eigenvalue weighted by Crippen LogP contribution is 2.72. The van der Waals surface area contributed by atoms with E-state index in [4.69, 9.17) is 14.9 Å². The van der Waals surface area contributed by atoms with Gasteiger partial charge in [0.1, 0.15) is 5.60 Å². The molecule has 8 atom stereocenters. The van der Waals surface area contributed by atoms with E-state index in [0.29, 0.717) is 30.9 Å². The van der Waals surface area contributed by atoms with Crippen LogP contribution in [0.15, 0.2) is 23.0 Å². The zero-order valence-electron chi connectivity index (χ0n) is 18.6. The summed E-state index contributed by atoms with van der Waals surface area (Å²) in [5, 5.41) is 22.7. The summed E-state index contributed by atoms with van der Waals surface area (Å²) in [6.45, 7) is 5.68. The molecule has 168 valence electrons. The first-order valence-electron chi connectivity index (χ1n) is 12.1. The number of ether oxygens (including phenoxy) is 1. The molecular weight excluding hydrogens is 378 g/mol. The maximum Gasteiger partial charge on any atom is 0.104 e. The SMILES string of the molecule is C[C@]12CCC3C(CC[C@@H]4C[C@@H](O)CC[C@]34C)[C@@]1(O)CC[C@]2(OCCN)c1ccoc1. The minimum atomic E-state index is -0.744. The topological polar surface area (TPSA) is 88.8 Å². The summed E-state index contributed by atoms with van der Waals surface area (Å²) in [7, 11) is 0. The lowest BCUT2D eigenvalue weighted by molar-refractivity contribution is -0.248. The Morgan fingerprint density at radius 3 is 2.67 bits per heavy atom. The van der Waals surface area contributed by atoms with Crippen LogP contribution in [0.25, 0.3) is 0 Å². The standard InChI is InChI=1S/C25H39NO4/c1-22-8-5-19(27)15-17(22)3-4-21-20(22)6-9-23(2)24(21,28)10-11-25(23,30-14-12-26)18-7-13-29-16-18/h7,13,16-17,19-21,27-28H,3-6,8-12,14-15,26H2,1-2H3/t17-,19+,20?,21?,22+,23+,24+,25+/m1/s1. The van der Waals surface area contributed by atoms with Gasteiger partial charge in [0.25, 0.3) is 0 Å². The molecule has 5 nitrogen and oxygen atoms in total. The van der Waals surface area contributed by atoms with Gasteiger partial charge in [0.2, 0.25) is 0 Å². The van der Waals surface area contributed by atoms with Gasteiger partial charge in [-0.1, -0.05) is 13.8 Å². The summed E-state index contributed by atoms with van der Waals surface area (Å²) in [5.41, 5.74) is 5.47. The number of aliphatic hydroxyl groups excluding tert-OH is 1. The van der Waals surface area contributed by atoms with Crippen LogP contribution in [0.2, 0.25) is 0 Å². The van der Waals surface area contributed by atoms with Gasteiger partial charge in [-0.2, -0.15) is 0 Å². The van der Waals surface area contributed by atoms with Crippen LogP contribution in [0.1, 0.15) is 77.2 Å². The Morgan fingerprint density at radius 1 is 1.10 bits per heavy atom. The van der Waals surface area contributed by atoms with Crippen LogP contribution < -0.4 is 5.73 Å². The molecule has 0 spiro atoms. The summed E-state index contributed by atoms with van der Waals surface area (Å²) >= 11 is 0. The van der Waals surface area contributed by atoms with Crippen molar-refractivity contribution in [1.82, 2.24) is 0 Å². The van der Waals surface area contributed by atoms with Gasteiger partial charge in [-0.05, 0) is 87.0 Å². The quantitative estimate of drug-likeness (QED) is 0.690. The van der Waals surface area contributed by atoms with Crippen LogP contribution in [0, 0.1) is 28.6 Å². The Morgan fingerprint density at radius 2 is 1.93 bits per heavy atom. The fourth-order valence-electron chi connectivity index (χ4n) is 8.71. The lowest BCUT2D eigenvalue weighted by Crippen LogP contribution is -2.65. The average molecular weight is 418 g/mol. The minimum Gasteiger partial charge on any atom is -0.472 e. The van der Waals surface area contributed by atoms with Gasteiger partial charge in [0.15, 0.2) is 0 Å². The Balaban J connectivity index is 1.53. The van der Waals surface area contributed by atoms with Crippen LogP contribution in [-0.4, -0.2) is 35.1 Å². The van der Waals surface area contributed by atoms with Crippen molar-refractivity contribution in [1.29, 1.82) is 0 Å². The van der Waals surface area contributed by atoms with E-state index in [1.54, 1.807) is 12.5 Å². The van der Waals surface area contributed by atoms with Gasteiger partial charge in [0.05, 0.1) is 30.8 Å². The monoisotopic (exact) mass is 417 g/mol. The molecule has 0 amide bonds. The summed E-state index contributed by atoms with van der Waals surface area (Å²) in [4.78, 5) is 0. The third-order valence-corrected chi connectivity index (χ3v) is 10.4. The number of furan rings is 1. The predicted molar refractivity (Wildman–Crippen MR) is 115 cm³/mol. The molecule has 30 heavy (non-hydrogen) atoms. The molecule has 4 aliphatic rings. The third-order valence-electron chi connectivity index (χ3n) is 10.4. The molecule has 5 heteroatoms. The molecule has 0 radical (unpaired) electrons. The molecule has 4 aliphatic carbocycles. The highest BCUT2D eigenvalue weighted by molar-refractivity contribution is 5.31. The Bertz CT molecular complexity index is 767. The third kappa shape index (κ3) is 2.55. The van der Waals surface area contributed by atoms with Crippen LogP contribution in [0.4, 0.5) is 0 Å². The fourth-order valence-corrected chi connectivity index (χ4v) is 8.71. The highest BCUT2D eigenvalue weighted by Gasteiger charge is 2.73. The van der Waals surface area contributed by atoms with E-state index in [9.17, 15) is 10.2 Å². The highest BCUT2D eigenvalue weighted by atomic mass is 16.5. The van der Waals surface area contributed by atoms with Crippen molar-refractivity contribution in [3.8, 4) is 0 Å². The second-order valence-corrected chi connectivity index (χ2v) is 11.2. The second-order valence-electron chi connectivity index (χ2n) is 11.2. The van der Waals surface area contributed by atoms with Gasteiger partial charge in [-0.15, -0.1) is 0 Å². The predicted octanol–water partition coefficient (Wildman–Crippen LogP) is 3.97. The van der Waals surface area contributed by atoms with Crippen molar-refractivity contribution >= 4 is 0 Å². The van der Waals surface area contributed by atoms with Crippen LogP contribution in [0.5, 0.6) is 0 Å². The molecular formula is C25H39NO4. The van der Waals surface area contributed by atoms with Crippen LogP contribution >= 0.6 is 0 Å². The minimum absolute atomic E-state index is 0.138. The van der Waals surface area contributed by atoms with Crippen molar-refractivity contribution in [2.75, 3.05) is 13.2 Å². The van der Waals surface area contributed by atoms with E-state index >= 15 is 0 Å². The van der Waals surface area contributed by atoms with Gasteiger partial charge >= 0.3 is 0 Å². The molecule has 0 bridgehead atoms. The number of fused-ring (bicyclic) bond motifs is 5. The maximum absolute atomic E-state index is 12.5. The average Bonchev–Trinajstić information content (AvgIpc) is 3.33. The number of aliphatic hydroxyl groups is 2. The molecule has 0 aliphatic heterocycles. The summed E-state index contributed by atoms with van der Waals surface area (Å²) < 4.78 is 12.0. The van der Waals surface area contributed by atoms with Crippen molar-refractivity contribution in [2.45, 2.75) is 88.9 Å². The van der Waals surface area contributed by atoms with Crippen molar-refractivity contribution in [3.05, 3.63) is 24.2 Å². The van der Waals surface area contributed by atoms with Crippen molar-refractivity contribution in [3.63, 3.8) is 0 Å². The van der Waals surface area contributed by atoms with Gasteiger partial charge in [-0.25, -0.2) is 0 Å².